The number of alkyl halides is 3. The summed E-state index contributed by atoms with van der Waals surface area (Å²) in [6.45, 7) is 7.76. The number of carbonyl (C=O) groups is 3. The van der Waals surface area contributed by atoms with Crippen molar-refractivity contribution in [3.63, 3.8) is 0 Å². The first-order valence-electron chi connectivity index (χ1n) is 13.5. The minimum absolute atomic E-state index is 0.0576. The van der Waals surface area contributed by atoms with Gasteiger partial charge in [0.2, 0.25) is 5.91 Å². The summed E-state index contributed by atoms with van der Waals surface area (Å²) in [4.78, 5) is 42.0. The zero-order chi connectivity index (χ0) is 31.0. The van der Waals surface area contributed by atoms with E-state index in [1.165, 1.54) is 31.0 Å². The van der Waals surface area contributed by atoms with Gasteiger partial charge < -0.3 is 19.7 Å². The lowest BCUT2D eigenvalue weighted by molar-refractivity contribution is -0.139. The second kappa shape index (κ2) is 11.5. The van der Waals surface area contributed by atoms with E-state index in [0.717, 1.165) is 32.9 Å². The average Bonchev–Trinajstić information content (AvgIpc) is 3.04. The highest BCUT2D eigenvalue weighted by Crippen LogP contribution is 2.44. The summed E-state index contributed by atoms with van der Waals surface area (Å²) in [5.41, 5.74) is -0.298. The van der Waals surface area contributed by atoms with Crippen LogP contribution in [-0.4, -0.2) is 54.1 Å². The Morgan fingerprint density at radius 2 is 1.79 bits per heavy atom. The molecule has 224 valence electrons. The van der Waals surface area contributed by atoms with Crippen molar-refractivity contribution in [2.45, 2.75) is 65.0 Å². The van der Waals surface area contributed by atoms with E-state index in [-0.39, 0.29) is 12.2 Å². The molecule has 1 heterocycles. The molecule has 2 atom stereocenters. The van der Waals surface area contributed by atoms with Gasteiger partial charge in [-0.2, -0.15) is 13.2 Å². The van der Waals surface area contributed by atoms with Crippen LogP contribution in [0.15, 0.2) is 54.6 Å². The number of halogens is 3. The van der Waals surface area contributed by atoms with Crippen LogP contribution in [0.1, 0.15) is 44.4 Å². The van der Waals surface area contributed by atoms with Gasteiger partial charge in [-0.25, -0.2) is 4.79 Å². The maximum absolute atomic E-state index is 14.0. The number of anilines is 1. The molecule has 2 unspecified atom stereocenters. The van der Waals surface area contributed by atoms with Gasteiger partial charge in [-0.15, -0.1) is 0 Å². The lowest BCUT2D eigenvalue weighted by atomic mass is 9.98. The molecule has 11 heteroatoms. The molecule has 1 aliphatic heterocycles. The molecule has 0 aliphatic carbocycles. The topological polar surface area (TPSA) is 88.2 Å². The molecule has 0 spiro atoms. The quantitative estimate of drug-likeness (QED) is 0.407. The Morgan fingerprint density at radius 3 is 2.45 bits per heavy atom. The van der Waals surface area contributed by atoms with Gasteiger partial charge in [0.15, 0.2) is 5.75 Å². The van der Waals surface area contributed by atoms with E-state index >= 15 is 0 Å². The van der Waals surface area contributed by atoms with Gasteiger partial charge in [-0.1, -0.05) is 42.5 Å². The molecule has 0 fully saturated rings. The van der Waals surface area contributed by atoms with Crippen LogP contribution in [-0.2, 0) is 27.0 Å². The number of amides is 3. The van der Waals surface area contributed by atoms with Gasteiger partial charge in [0.25, 0.3) is 5.91 Å². The fourth-order valence-electron chi connectivity index (χ4n) is 4.70. The monoisotopic (exact) mass is 585 g/mol. The third kappa shape index (κ3) is 6.45. The standard InChI is InChI=1S/C31H34F3N3O5/c1-18-14-15-20-10-7-8-11-21(20)22(18)16-37-25-13-9-12-23(31(32,33)34)26(25)41-17-24(28(37)39)35-27(38)19(2)36(6)29(40)42-30(3,4)5/h7-15,19,24H,16-17H2,1-6H3,(H,35,38). The van der Waals surface area contributed by atoms with Crippen LogP contribution < -0.4 is 15.0 Å². The highest BCUT2D eigenvalue weighted by molar-refractivity contribution is 6.02. The number of hydrogen-bond acceptors (Lipinski definition) is 5. The van der Waals surface area contributed by atoms with Crippen LogP contribution >= 0.6 is 0 Å². The molecule has 3 amide bonds. The molecule has 0 aromatic heterocycles. The lowest BCUT2D eigenvalue weighted by Crippen LogP contribution is -2.55. The summed E-state index contributed by atoms with van der Waals surface area (Å²) >= 11 is 0. The van der Waals surface area contributed by atoms with E-state index in [2.05, 4.69) is 5.32 Å². The Labute approximate surface area is 242 Å². The van der Waals surface area contributed by atoms with Gasteiger partial charge in [-0.05, 0) is 68.7 Å². The van der Waals surface area contributed by atoms with E-state index in [1.54, 1.807) is 20.8 Å². The molecule has 0 saturated heterocycles. The molecule has 0 radical (unpaired) electrons. The lowest BCUT2D eigenvalue weighted by Gasteiger charge is -2.30. The predicted octanol–water partition coefficient (Wildman–Crippen LogP) is 5.83. The smallest absolute Gasteiger partial charge is 0.420 e. The van der Waals surface area contributed by atoms with E-state index in [4.69, 9.17) is 9.47 Å². The molecule has 8 nitrogen and oxygen atoms in total. The molecule has 4 rings (SSSR count). The molecule has 1 N–H and O–H groups in total. The molecule has 42 heavy (non-hydrogen) atoms. The number of likely N-dealkylation sites (N-methyl/N-ethyl adjacent to an activating group) is 1. The van der Waals surface area contributed by atoms with Crippen LogP contribution in [0.5, 0.6) is 5.75 Å². The number of aryl methyl sites for hydroxylation is 1. The number of para-hydroxylation sites is 1. The molecule has 0 bridgehead atoms. The van der Waals surface area contributed by atoms with Crippen molar-refractivity contribution in [1.29, 1.82) is 0 Å². The largest absolute Gasteiger partial charge is 0.488 e. The van der Waals surface area contributed by atoms with Crippen molar-refractivity contribution in [2.75, 3.05) is 18.6 Å². The molecule has 3 aromatic carbocycles. The molecule has 3 aromatic rings. The maximum atomic E-state index is 14.0. The highest BCUT2D eigenvalue weighted by Gasteiger charge is 2.41. The fraction of sp³-hybridized carbons (Fsp3) is 0.387. The summed E-state index contributed by atoms with van der Waals surface area (Å²) in [6.07, 6.45) is -5.49. The molecular weight excluding hydrogens is 551 g/mol. The SMILES string of the molecule is Cc1ccc2ccccc2c1CN1C(=O)C(NC(=O)C(C)N(C)C(=O)OC(C)(C)C)COc2c1cccc2C(F)(F)F. The molecule has 0 saturated carbocycles. The summed E-state index contributed by atoms with van der Waals surface area (Å²) < 4.78 is 53.0. The van der Waals surface area contributed by atoms with Crippen molar-refractivity contribution in [2.24, 2.45) is 0 Å². The van der Waals surface area contributed by atoms with E-state index in [0.29, 0.717) is 0 Å². The second-order valence-electron chi connectivity index (χ2n) is 11.3. The van der Waals surface area contributed by atoms with Crippen LogP contribution in [0.4, 0.5) is 23.7 Å². The van der Waals surface area contributed by atoms with Gasteiger partial charge in [0.1, 0.15) is 24.3 Å². The van der Waals surface area contributed by atoms with Crippen LogP contribution in [0.3, 0.4) is 0 Å². The van der Waals surface area contributed by atoms with Gasteiger partial charge in [0.05, 0.1) is 17.8 Å². The predicted molar refractivity (Wildman–Crippen MR) is 152 cm³/mol. The highest BCUT2D eigenvalue weighted by atomic mass is 19.4. The average molecular weight is 586 g/mol. The Balaban J connectivity index is 1.71. The Bertz CT molecular complexity index is 1520. The Hall–Kier alpha value is -4.28. The number of rotatable bonds is 5. The number of fused-ring (bicyclic) bond motifs is 2. The Morgan fingerprint density at radius 1 is 1.10 bits per heavy atom. The number of carbonyl (C=O) groups excluding carboxylic acids is 3. The number of benzene rings is 3. The minimum Gasteiger partial charge on any atom is -0.488 e. The summed E-state index contributed by atoms with van der Waals surface area (Å²) in [6, 6.07) is 12.4. The van der Waals surface area contributed by atoms with Crippen LogP contribution in [0.25, 0.3) is 10.8 Å². The van der Waals surface area contributed by atoms with Gasteiger partial charge in [-0.3, -0.25) is 14.5 Å². The van der Waals surface area contributed by atoms with Crippen LogP contribution in [0, 0.1) is 6.92 Å². The van der Waals surface area contributed by atoms with Crippen molar-refractivity contribution in [3.8, 4) is 5.75 Å². The van der Waals surface area contributed by atoms with Crippen molar-refractivity contribution < 1.29 is 37.0 Å². The molecule has 1 aliphatic rings. The first-order valence-corrected chi connectivity index (χ1v) is 13.5. The summed E-state index contributed by atoms with van der Waals surface area (Å²) in [7, 11) is 1.38. The minimum atomic E-state index is -4.75. The normalized spacial score (nSPS) is 16.3. The number of nitrogens with one attached hydrogen (secondary N) is 1. The summed E-state index contributed by atoms with van der Waals surface area (Å²) in [5.74, 6) is -1.85. The number of hydrogen-bond donors (Lipinski definition) is 1. The Kier molecular flexibility index (Phi) is 8.43. The molecular formula is C31H34F3N3O5. The van der Waals surface area contributed by atoms with E-state index in [1.807, 2.05) is 43.3 Å². The third-order valence-electron chi connectivity index (χ3n) is 7.10. The van der Waals surface area contributed by atoms with Crippen molar-refractivity contribution in [1.82, 2.24) is 10.2 Å². The van der Waals surface area contributed by atoms with Crippen LogP contribution in [0.2, 0.25) is 0 Å². The number of nitrogens with zero attached hydrogens (tertiary/aromatic N) is 2. The van der Waals surface area contributed by atoms with Crippen molar-refractivity contribution in [3.05, 3.63) is 71.3 Å². The first-order chi connectivity index (χ1) is 19.6. The van der Waals surface area contributed by atoms with Gasteiger partial charge >= 0.3 is 12.3 Å². The fourth-order valence-corrected chi connectivity index (χ4v) is 4.70. The third-order valence-corrected chi connectivity index (χ3v) is 7.10. The summed E-state index contributed by atoms with van der Waals surface area (Å²) in [5, 5.41) is 4.33. The van der Waals surface area contributed by atoms with Crippen molar-refractivity contribution >= 4 is 34.4 Å². The zero-order valence-corrected chi connectivity index (χ0v) is 24.3. The first kappa shape index (κ1) is 30.7. The number of ether oxygens (including phenoxy) is 2. The van der Waals surface area contributed by atoms with Gasteiger partial charge in [0, 0.05) is 7.05 Å². The second-order valence-corrected chi connectivity index (χ2v) is 11.3. The zero-order valence-electron chi connectivity index (χ0n) is 24.3. The van der Waals surface area contributed by atoms with E-state index in [9.17, 15) is 27.6 Å². The maximum Gasteiger partial charge on any atom is 0.420 e. The van der Waals surface area contributed by atoms with E-state index < -0.39 is 59.7 Å².